The molecule has 28 heavy (non-hydrogen) atoms. The van der Waals surface area contributed by atoms with Gasteiger partial charge in [0.25, 0.3) is 0 Å². The molecule has 0 spiro atoms. The molecule has 0 radical (unpaired) electrons. The standard InChI is InChI=1S/C22H40N4O2/c1-4-23-21(25-18-22(14-15-27)12-8-7-9-13-22)24-17-19(26(5-2)6-3)20-11-10-16-28-20/h10-11,16,19,27H,4-9,12-15,17-18H2,1-3H3,(H2,23,24,25). The molecule has 0 aromatic carbocycles. The molecule has 0 saturated heterocycles. The van der Waals surface area contributed by atoms with E-state index in [1.807, 2.05) is 12.1 Å². The first-order valence-corrected chi connectivity index (χ1v) is 11.1. The van der Waals surface area contributed by atoms with Crippen molar-refractivity contribution in [2.45, 2.75) is 65.3 Å². The Morgan fingerprint density at radius 3 is 2.54 bits per heavy atom. The van der Waals surface area contributed by atoms with Crippen molar-refractivity contribution in [3.05, 3.63) is 24.2 Å². The van der Waals surface area contributed by atoms with E-state index in [1.165, 1.54) is 32.1 Å². The normalized spacial score (nSPS) is 18.2. The number of nitrogens with one attached hydrogen (secondary N) is 2. The minimum absolute atomic E-state index is 0.161. The number of aliphatic imine (C=N–C) groups is 1. The van der Waals surface area contributed by atoms with Gasteiger partial charge >= 0.3 is 0 Å². The number of rotatable bonds is 11. The highest BCUT2D eigenvalue weighted by Crippen LogP contribution is 2.39. The molecule has 2 rings (SSSR count). The summed E-state index contributed by atoms with van der Waals surface area (Å²) in [5, 5.41) is 16.5. The van der Waals surface area contributed by atoms with Gasteiger partial charge in [0.2, 0.25) is 0 Å². The molecule has 1 aromatic rings. The fraction of sp³-hybridized carbons (Fsp3) is 0.773. The molecule has 6 heteroatoms. The third-order valence-electron chi connectivity index (χ3n) is 6.06. The summed E-state index contributed by atoms with van der Waals surface area (Å²) in [6.45, 7) is 11.0. The molecule has 0 amide bonds. The smallest absolute Gasteiger partial charge is 0.191 e. The summed E-state index contributed by atoms with van der Waals surface area (Å²) in [5.74, 6) is 1.84. The summed E-state index contributed by atoms with van der Waals surface area (Å²) in [6.07, 6.45) is 8.75. The Balaban J connectivity index is 2.06. The summed E-state index contributed by atoms with van der Waals surface area (Å²) >= 11 is 0. The molecule has 1 atom stereocenters. The van der Waals surface area contributed by atoms with Crippen LogP contribution in [-0.4, -0.2) is 55.3 Å². The number of hydrogen-bond donors (Lipinski definition) is 3. The van der Waals surface area contributed by atoms with Crippen molar-refractivity contribution in [2.75, 3.05) is 39.3 Å². The zero-order valence-electron chi connectivity index (χ0n) is 18.0. The van der Waals surface area contributed by atoms with Crippen LogP contribution >= 0.6 is 0 Å². The van der Waals surface area contributed by atoms with Crippen molar-refractivity contribution in [1.82, 2.24) is 15.5 Å². The highest BCUT2D eigenvalue weighted by atomic mass is 16.3. The SMILES string of the molecule is CCNC(=NCC1(CCO)CCCCC1)NCC(c1ccco1)N(CC)CC. The van der Waals surface area contributed by atoms with E-state index in [0.29, 0.717) is 0 Å². The number of aliphatic hydroxyl groups is 1. The lowest BCUT2D eigenvalue weighted by Gasteiger charge is -2.36. The minimum atomic E-state index is 0.161. The van der Waals surface area contributed by atoms with Gasteiger partial charge in [-0.2, -0.15) is 0 Å². The van der Waals surface area contributed by atoms with E-state index < -0.39 is 0 Å². The Morgan fingerprint density at radius 1 is 1.21 bits per heavy atom. The molecular weight excluding hydrogens is 352 g/mol. The number of aliphatic hydroxyl groups excluding tert-OH is 1. The van der Waals surface area contributed by atoms with E-state index in [-0.39, 0.29) is 18.1 Å². The Bertz CT molecular complexity index is 543. The molecule has 6 nitrogen and oxygen atoms in total. The summed E-state index contributed by atoms with van der Waals surface area (Å²) in [5.41, 5.74) is 0.161. The van der Waals surface area contributed by atoms with Crippen LogP contribution in [-0.2, 0) is 0 Å². The Labute approximate surface area is 170 Å². The number of hydrogen-bond acceptors (Lipinski definition) is 4. The average Bonchev–Trinajstić information content (AvgIpc) is 3.24. The van der Waals surface area contributed by atoms with Gasteiger partial charge in [-0.15, -0.1) is 0 Å². The molecule has 1 fully saturated rings. The number of likely N-dealkylation sites (N-methyl/N-ethyl adjacent to an activating group) is 1. The molecule has 0 aliphatic heterocycles. The Kier molecular flexibility index (Phi) is 9.85. The third-order valence-corrected chi connectivity index (χ3v) is 6.06. The minimum Gasteiger partial charge on any atom is -0.468 e. The van der Waals surface area contributed by atoms with Gasteiger partial charge in [-0.05, 0) is 56.8 Å². The van der Waals surface area contributed by atoms with Crippen molar-refractivity contribution in [3.63, 3.8) is 0 Å². The van der Waals surface area contributed by atoms with Crippen LogP contribution in [0.4, 0.5) is 0 Å². The third kappa shape index (κ3) is 6.52. The van der Waals surface area contributed by atoms with Crippen molar-refractivity contribution >= 4 is 5.96 Å². The van der Waals surface area contributed by atoms with E-state index in [1.54, 1.807) is 6.26 Å². The number of nitrogens with zero attached hydrogens (tertiary/aromatic N) is 2. The average molecular weight is 393 g/mol. The maximum Gasteiger partial charge on any atom is 0.191 e. The highest BCUT2D eigenvalue weighted by Gasteiger charge is 2.31. The molecule has 1 saturated carbocycles. The molecule has 3 N–H and O–H groups in total. The van der Waals surface area contributed by atoms with Gasteiger partial charge in [-0.3, -0.25) is 9.89 Å². The second kappa shape index (κ2) is 12.1. The maximum atomic E-state index is 9.55. The largest absolute Gasteiger partial charge is 0.468 e. The van der Waals surface area contributed by atoms with Gasteiger partial charge in [0, 0.05) is 26.2 Å². The first-order chi connectivity index (χ1) is 13.7. The molecular formula is C22H40N4O2. The van der Waals surface area contributed by atoms with E-state index in [9.17, 15) is 5.11 Å². The number of guanidine groups is 1. The lowest BCUT2D eigenvalue weighted by atomic mass is 9.72. The van der Waals surface area contributed by atoms with Crippen LogP contribution in [0.25, 0.3) is 0 Å². The first-order valence-electron chi connectivity index (χ1n) is 11.1. The number of furan rings is 1. The molecule has 160 valence electrons. The molecule has 1 aromatic heterocycles. The van der Waals surface area contributed by atoms with E-state index in [4.69, 9.17) is 9.41 Å². The van der Waals surface area contributed by atoms with Gasteiger partial charge < -0.3 is 20.2 Å². The second-order valence-corrected chi connectivity index (χ2v) is 7.86. The van der Waals surface area contributed by atoms with Crippen LogP contribution in [0.2, 0.25) is 0 Å². The predicted molar refractivity (Wildman–Crippen MR) is 116 cm³/mol. The van der Waals surface area contributed by atoms with Gasteiger partial charge in [-0.1, -0.05) is 33.1 Å². The second-order valence-electron chi connectivity index (χ2n) is 7.86. The summed E-state index contributed by atoms with van der Waals surface area (Å²) in [4.78, 5) is 7.32. The molecule has 1 heterocycles. The van der Waals surface area contributed by atoms with Crippen LogP contribution in [0.3, 0.4) is 0 Å². The van der Waals surface area contributed by atoms with Gasteiger partial charge in [0.05, 0.1) is 12.3 Å². The fourth-order valence-electron chi connectivity index (χ4n) is 4.36. The zero-order valence-corrected chi connectivity index (χ0v) is 18.0. The van der Waals surface area contributed by atoms with Crippen LogP contribution in [0.5, 0.6) is 0 Å². The van der Waals surface area contributed by atoms with Crippen LogP contribution in [0.15, 0.2) is 27.8 Å². The maximum absolute atomic E-state index is 9.55. The molecule has 1 aliphatic rings. The van der Waals surface area contributed by atoms with Crippen LogP contribution in [0, 0.1) is 5.41 Å². The van der Waals surface area contributed by atoms with Crippen molar-refractivity contribution < 1.29 is 9.52 Å². The quantitative estimate of drug-likeness (QED) is 0.397. The Morgan fingerprint density at radius 2 is 1.96 bits per heavy atom. The zero-order chi connectivity index (χ0) is 20.2. The highest BCUT2D eigenvalue weighted by molar-refractivity contribution is 5.79. The lowest BCUT2D eigenvalue weighted by Crippen LogP contribution is -2.44. The molecule has 1 unspecified atom stereocenters. The van der Waals surface area contributed by atoms with Gasteiger partial charge in [-0.25, -0.2) is 0 Å². The van der Waals surface area contributed by atoms with Crippen LogP contribution in [0.1, 0.15) is 71.1 Å². The summed E-state index contributed by atoms with van der Waals surface area (Å²) in [6, 6.07) is 4.18. The monoisotopic (exact) mass is 392 g/mol. The van der Waals surface area contributed by atoms with E-state index >= 15 is 0 Å². The van der Waals surface area contributed by atoms with Crippen molar-refractivity contribution in [2.24, 2.45) is 10.4 Å². The van der Waals surface area contributed by atoms with Gasteiger partial charge in [0.1, 0.15) is 5.76 Å². The first kappa shape index (κ1) is 22.8. The van der Waals surface area contributed by atoms with Crippen molar-refractivity contribution in [3.8, 4) is 0 Å². The molecule has 0 bridgehead atoms. The Hall–Kier alpha value is -1.53. The van der Waals surface area contributed by atoms with Crippen LogP contribution < -0.4 is 10.6 Å². The molecule has 1 aliphatic carbocycles. The summed E-state index contributed by atoms with van der Waals surface area (Å²) < 4.78 is 5.71. The van der Waals surface area contributed by atoms with E-state index in [2.05, 4.69) is 36.3 Å². The van der Waals surface area contributed by atoms with E-state index in [0.717, 1.165) is 50.9 Å². The topological polar surface area (TPSA) is 73.0 Å². The van der Waals surface area contributed by atoms with Gasteiger partial charge in [0.15, 0.2) is 5.96 Å². The lowest BCUT2D eigenvalue weighted by molar-refractivity contribution is 0.137. The van der Waals surface area contributed by atoms with Crippen molar-refractivity contribution in [1.29, 1.82) is 0 Å². The summed E-state index contributed by atoms with van der Waals surface area (Å²) in [7, 11) is 0. The fourth-order valence-corrected chi connectivity index (χ4v) is 4.36. The predicted octanol–water partition coefficient (Wildman–Crippen LogP) is 3.55.